The second kappa shape index (κ2) is 7.49. The van der Waals surface area contributed by atoms with Crippen LogP contribution in [0, 0.1) is 12.8 Å². The average molecular weight is 379 g/mol. The third-order valence-corrected chi connectivity index (χ3v) is 5.25. The van der Waals surface area contributed by atoms with E-state index < -0.39 is 15.6 Å². The molecule has 0 fully saturated rings. The molecule has 0 bridgehead atoms. The predicted molar refractivity (Wildman–Crippen MR) is 101 cm³/mol. The minimum atomic E-state index is -3.46. The molecule has 0 radical (unpaired) electrons. The van der Waals surface area contributed by atoms with Crippen molar-refractivity contribution >= 4 is 21.3 Å². The number of benzene rings is 1. The molecule has 1 aromatic carbocycles. The first-order valence-electron chi connectivity index (χ1n) is 8.44. The van der Waals surface area contributed by atoms with Gasteiger partial charge in [-0.05, 0) is 37.5 Å². The number of hydrogen-bond acceptors (Lipinski definition) is 6. The zero-order chi connectivity index (χ0) is 19.6. The van der Waals surface area contributed by atoms with Crippen LogP contribution in [0.15, 0.2) is 23.2 Å². The molecule has 0 atom stereocenters. The number of nitrogens with one attached hydrogen (secondary N) is 1. The summed E-state index contributed by atoms with van der Waals surface area (Å²) in [5, 5.41) is 17.3. The van der Waals surface area contributed by atoms with Crippen molar-refractivity contribution in [3.05, 3.63) is 35.0 Å². The number of ketones is 1. The Morgan fingerprint density at radius 2 is 1.96 bits per heavy atom. The van der Waals surface area contributed by atoms with E-state index in [1.54, 1.807) is 13.8 Å². The second-order valence-corrected chi connectivity index (χ2v) is 8.67. The van der Waals surface area contributed by atoms with Crippen LogP contribution >= 0.6 is 0 Å². The first kappa shape index (κ1) is 20.0. The molecule has 0 aliphatic heterocycles. The van der Waals surface area contributed by atoms with Crippen LogP contribution in [-0.2, 0) is 16.4 Å². The summed E-state index contributed by atoms with van der Waals surface area (Å²) in [6.07, 6.45) is 2.47. The van der Waals surface area contributed by atoms with Crippen molar-refractivity contribution < 1.29 is 18.3 Å². The molecule has 0 unspecified atom stereocenters. The van der Waals surface area contributed by atoms with Gasteiger partial charge in [0.1, 0.15) is 5.56 Å². The highest BCUT2D eigenvalue weighted by Crippen LogP contribution is 2.31. The van der Waals surface area contributed by atoms with Crippen molar-refractivity contribution in [2.24, 2.45) is 5.92 Å². The molecule has 2 aromatic rings. The lowest BCUT2D eigenvalue weighted by Crippen LogP contribution is -2.15. The molecule has 2 N–H and O–H groups in total. The molecule has 7 nitrogen and oxygen atoms in total. The van der Waals surface area contributed by atoms with Crippen LogP contribution in [0.2, 0.25) is 0 Å². The zero-order valence-electron chi connectivity index (χ0n) is 15.7. The van der Waals surface area contributed by atoms with Crippen molar-refractivity contribution in [2.75, 3.05) is 18.1 Å². The number of rotatable bonds is 7. The lowest BCUT2D eigenvalue weighted by atomic mass is 9.99. The van der Waals surface area contributed by atoms with Gasteiger partial charge < -0.3 is 10.4 Å². The monoisotopic (exact) mass is 379 g/mol. The number of carbonyl (C=O) groups excluding carboxylic acids is 1. The van der Waals surface area contributed by atoms with E-state index in [4.69, 9.17) is 0 Å². The maximum Gasteiger partial charge on any atom is 0.220 e. The van der Waals surface area contributed by atoms with Gasteiger partial charge in [0.25, 0.3) is 0 Å². The van der Waals surface area contributed by atoms with E-state index in [0.717, 1.165) is 6.26 Å². The smallest absolute Gasteiger partial charge is 0.220 e. The van der Waals surface area contributed by atoms with E-state index >= 15 is 0 Å². The molecular formula is C18H25N3O4S. The van der Waals surface area contributed by atoms with Gasteiger partial charge in [0.15, 0.2) is 15.6 Å². The fourth-order valence-corrected chi connectivity index (χ4v) is 3.59. The topological polar surface area (TPSA) is 101 Å². The number of hydrogen-bond donors (Lipinski definition) is 2. The molecule has 0 spiro atoms. The van der Waals surface area contributed by atoms with Gasteiger partial charge >= 0.3 is 0 Å². The van der Waals surface area contributed by atoms with Crippen LogP contribution in [0.4, 0.5) is 5.69 Å². The first-order valence-corrected chi connectivity index (χ1v) is 10.3. The van der Waals surface area contributed by atoms with E-state index in [1.165, 1.54) is 23.0 Å². The lowest BCUT2D eigenvalue weighted by Gasteiger charge is -2.18. The van der Waals surface area contributed by atoms with E-state index in [-0.39, 0.29) is 16.3 Å². The first-order chi connectivity index (χ1) is 12.1. The van der Waals surface area contributed by atoms with Crippen LogP contribution < -0.4 is 5.32 Å². The third kappa shape index (κ3) is 3.90. The van der Waals surface area contributed by atoms with E-state index in [1.807, 2.05) is 13.8 Å². The Balaban J connectivity index is 2.57. The Labute approximate surface area is 154 Å². The summed E-state index contributed by atoms with van der Waals surface area (Å²) in [6.45, 7) is 8.53. The highest BCUT2D eigenvalue weighted by Gasteiger charge is 2.24. The van der Waals surface area contributed by atoms with Gasteiger partial charge in [0.05, 0.1) is 16.8 Å². The van der Waals surface area contributed by atoms with Crippen LogP contribution in [-0.4, -0.2) is 41.9 Å². The summed E-state index contributed by atoms with van der Waals surface area (Å²) in [5.41, 5.74) is 1.38. The van der Waals surface area contributed by atoms with Crippen LogP contribution in [0.3, 0.4) is 0 Å². The quantitative estimate of drug-likeness (QED) is 0.717. The molecule has 0 aliphatic rings. The van der Waals surface area contributed by atoms with E-state index in [0.29, 0.717) is 35.8 Å². The molecule has 2 rings (SSSR count). The minimum absolute atomic E-state index is 0.0943. The van der Waals surface area contributed by atoms with Gasteiger partial charge in [-0.1, -0.05) is 13.8 Å². The summed E-state index contributed by atoms with van der Waals surface area (Å²) >= 11 is 0. The Morgan fingerprint density at radius 3 is 2.46 bits per heavy atom. The highest BCUT2D eigenvalue weighted by atomic mass is 32.2. The van der Waals surface area contributed by atoms with Crippen LogP contribution in [0.25, 0.3) is 0 Å². The van der Waals surface area contributed by atoms with Gasteiger partial charge in [-0.3, -0.25) is 4.79 Å². The van der Waals surface area contributed by atoms with Crippen molar-refractivity contribution in [3.63, 3.8) is 0 Å². The average Bonchev–Trinajstić information content (AvgIpc) is 2.92. The molecule has 8 heteroatoms. The summed E-state index contributed by atoms with van der Waals surface area (Å²) in [4.78, 5) is 13.0. The normalized spacial score (nSPS) is 11.8. The van der Waals surface area contributed by atoms with E-state index in [2.05, 4.69) is 10.4 Å². The Hall–Kier alpha value is -2.35. The molecule has 0 amide bonds. The molecule has 0 aliphatic carbocycles. The zero-order valence-corrected chi connectivity index (χ0v) is 16.5. The summed E-state index contributed by atoms with van der Waals surface area (Å²) in [7, 11) is -3.46. The van der Waals surface area contributed by atoms with Crippen molar-refractivity contribution in [3.8, 4) is 5.88 Å². The third-order valence-electron chi connectivity index (χ3n) is 4.11. The maximum absolute atomic E-state index is 12.9. The SMILES string of the molecule is CCn1ncc(C(=O)c2ccc(S(C)(=O)=O)c(NCC(C)C)c2C)c1O. The number of carbonyl (C=O) groups is 1. The fraction of sp³-hybridized carbons (Fsp3) is 0.444. The van der Waals surface area contributed by atoms with Crippen molar-refractivity contribution in [1.82, 2.24) is 9.78 Å². The standard InChI is InChI=1S/C18H25N3O4S/c1-6-21-18(23)14(10-20-21)17(22)13-7-8-15(26(5,24)25)16(12(13)4)19-9-11(2)3/h7-8,10-11,19,23H,6,9H2,1-5H3. The molecule has 26 heavy (non-hydrogen) atoms. The number of aryl methyl sites for hydroxylation is 1. The Kier molecular flexibility index (Phi) is 5.75. The predicted octanol–water partition coefficient (Wildman–Crippen LogP) is 2.62. The minimum Gasteiger partial charge on any atom is -0.493 e. The van der Waals surface area contributed by atoms with Gasteiger partial charge in [-0.25, -0.2) is 13.1 Å². The Morgan fingerprint density at radius 1 is 1.31 bits per heavy atom. The lowest BCUT2D eigenvalue weighted by molar-refractivity contribution is 0.103. The molecular weight excluding hydrogens is 354 g/mol. The second-order valence-electron chi connectivity index (χ2n) is 6.68. The maximum atomic E-state index is 12.9. The summed E-state index contributed by atoms with van der Waals surface area (Å²) in [5.74, 6) is -0.291. The number of sulfone groups is 1. The molecule has 1 heterocycles. The number of aromatic hydroxyl groups is 1. The fourth-order valence-electron chi connectivity index (χ4n) is 2.68. The van der Waals surface area contributed by atoms with E-state index in [9.17, 15) is 18.3 Å². The highest BCUT2D eigenvalue weighted by molar-refractivity contribution is 7.90. The molecule has 142 valence electrons. The molecule has 0 saturated carbocycles. The van der Waals surface area contributed by atoms with Crippen LogP contribution in [0.1, 0.15) is 42.3 Å². The van der Waals surface area contributed by atoms with Gasteiger partial charge in [-0.15, -0.1) is 0 Å². The largest absolute Gasteiger partial charge is 0.493 e. The van der Waals surface area contributed by atoms with Gasteiger partial charge in [0, 0.05) is 24.9 Å². The van der Waals surface area contributed by atoms with Crippen molar-refractivity contribution in [1.29, 1.82) is 0 Å². The van der Waals surface area contributed by atoms with Gasteiger partial charge in [-0.2, -0.15) is 5.10 Å². The number of aromatic nitrogens is 2. The summed E-state index contributed by atoms with van der Waals surface area (Å²) in [6, 6.07) is 2.91. The molecule has 0 saturated heterocycles. The van der Waals surface area contributed by atoms with Crippen LogP contribution in [0.5, 0.6) is 5.88 Å². The molecule has 1 aromatic heterocycles. The van der Waals surface area contributed by atoms with Gasteiger partial charge in [0.2, 0.25) is 5.88 Å². The summed E-state index contributed by atoms with van der Waals surface area (Å²) < 4.78 is 25.6. The van der Waals surface area contributed by atoms with Crippen molar-refractivity contribution in [2.45, 2.75) is 39.1 Å². The Bertz CT molecular complexity index is 930. The number of anilines is 1. The number of nitrogens with zero attached hydrogens (tertiary/aromatic N) is 2.